The van der Waals surface area contributed by atoms with E-state index in [9.17, 15) is 5.11 Å². The van der Waals surface area contributed by atoms with Crippen molar-refractivity contribution in [3.8, 4) is 0 Å². The summed E-state index contributed by atoms with van der Waals surface area (Å²) in [7, 11) is 0. The largest absolute Gasteiger partial charge is 0.394 e. The van der Waals surface area contributed by atoms with E-state index in [4.69, 9.17) is 5.73 Å². The third-order valence-corrected chi connectivity index (χ3v) is 4.67. The molecule has 2 unspecified atom stereocenters. The number of hydrogen-bond donors (Lipinski definition) is 2. The minimum atomic E-state index is -0.352. The van der Waals surface area contributed by atoms with Crippen molar-refractivity contribution in [2.75, 3.05) is 12.4 Å². The standard InChI is InChI=1S/C13H21N3OS/c1-10-7-15-12(16-8-10)18-6-4-11-3-2-5-13(11,14)9-17/h7-8,11,17H,2-6,9,14H2,1H3. The normalized spacial score (nSPS) is 27.6. The summed E-state index contributed by atoms with van der Waals surface area (Å²) < 4.78 is 0. The van der Waals surface area contributed by atoms with Crippen LogP contribution in [-0.4, -0.2) is 33.0 Å². The van der Waals surface area contributed by atoms with Crippen LogP contribution < -0.4 is 5.73 Å². The third-order valence-electron chi connectivity index (χ3n) is 3.76. The van der Waals surface area contributed by atoms with E-state index in [0.29, 0.717) is 5.92 Å². The Morgan fingerprint density at radius 3 is 2.89 bits per heavy atom. The predicted molar refractivity (Wildman–Crippen MR) is 73.5 cm³/mol. The SMILES string of the molecule is Cc1cnc(SCCC2CCCC2(N)CO)nc1. The molecule has 1 aliphatic carbocycles. The minimum absolute atomic E-state index is 0.101. The van der Waals surface area contributed by atoms with Gasteiger partial charge in [0.05, 0.1) is 6.61 Å². The topological polar surface area (TPSA) is 72.0 Å². The second kappa shape index (κ2) is 5.99. The van der Waals surface area contributed by atoms with Crippen molar-refractivity contribution in [1.29, 1.82) is 0 Å². The summed E-state index contributed by atoms with van der Waals surface area (Å²) >= 11 is 1.67. The number of aliphatic hydroxyl groups is 1. The Balaban J connectivity index is 1.80. The molecule has 2 rings (SSSR count). The van der Waals surface area contributed by atoms with Gasteiger partial charge in [-0.25, -0.2) is 9.97 Å². The molecule has 1 heterocycles. The van der Waals surface area contributed by atoms with Crippen LogP contribution in [0.5, 0.6) is 0 Å². The fourth-order valence-electron chi connectivity index (χ4n) is 2.56. The van der Waals surface area contributed by atoms with Gasteiger partial charge in [0.2, 0.25) is 0 Å². The van der Waals surface area contributed by atoms with Crippen LogP contribution in [0.4, 0.5) is 0 Å². The Hall–Kier alpha value is -0.650. The number of nitrogens with zero attached hydrogens (tertiary/aromatic N) is 2. The van der Waals surface area contributed by atoms with Crippen LogP contribution in [0, 0.1) is 12.8 Å². The van der Waals surface area contributed by atoms with Gasteiger partial charge in [0.1, 0.15) is 0 Å². The molecule has 0 bridgehead atoms. The molecular weight excluding hydrogens is 246 g/mol. The average Bonchev–Trinajstić information content (AvgIpc) is 2.74. The van der Waals surface area contributed by atoms with Crippen LogP contribution in [0.25, 0.3) is 0 Å². The average molecular weight is 267 g/mol. The van der Waals surface area contributed by atoms with Crippen molar-refractivity contribution in [3.05, 3.63) is 18.0 Å². The Labute approximate surface area is 112 Å². The monoisotopic (exact) mass is 267 g/mol. The Morgan fingerprint density at radius 2 is 2.22 bits per heavy atom. The van der Waals surface area contributed by atoms with Crippen LogP contribution >= 0.6 is 11.8 Å². The summed E-state index contributed by atoms with van der Waals surface area (Å²) in [6, 6.07) is 0. The second-order valence-electron chi connectivity index (χ2n) is 5.16. The van der Waals surface area contributed by atoms with Gasteiger partial charge in [0.25, 0.3) is 0 Å². The first-order valence-corrected chi connectivity index (χ1v) is 7.44. The fraction of sp³-hybridized carbons (Fsp3) is 0.692. The molecule has 5 heteroatoms. The van der Waals surface area contributed by atoms with Gasteiger partial charge in [-0.1, -0.05) is 18.2 Å². The molecule has 1 aromatic rings. The lowest BCUT2D eigenvalue weighted by Gasteiger charge is -2.29. The van der Waals surface area contributed by atoms with E-state index in [-0.39, 0.29) is 12.1 Å². The van der Waals surface area contributed by atoms with E-state index in [2.05, 4.69) is 9.97 Å². The van der Waals surface area contributed by atoms with E-state index in [1.807, 2.05) is 19.3 Å². The smallest absolute Gasteiger partial charge is 0.187 e. The highest BCUT2D eigenvalue weighted by Crippen LogP contribution is 2.36. The van der Waals surface area contributed by atoms with Gasteiger partial charge >= 0.3 is 0 Å². The molecule has 0 aromatic carbocycles. The maximum atomic E-state index is 9.39. The van der Waals surface area contributed by atoms with Crippen molar-refractivity contribution in [2.45, 2.75) is 43.3 Å². The maximum Gasteiger partial charge on any atom is 0.187 e. The number of aryl methyl sites for hydroxylation is 1. The van der Waals surface area contributed by atoms with E-state index in [1.165, 1.54) is 0 Å². The molecule has 2 atom stereocenters. The van der Waals surface area contributed by atoms with Crippen molar-refractivity contribution in [2.24, 2.45) is 11.7 Å². The number of aliphatic hydroxyl groups excluding tert-OH is 1. The van der Waals surface area contributed by atoms with E-state index < -0.39 is 0 Å². The molecule has 4 nitrogen and oxygen atoms in total. The zero-order valence-electron chi connectivity index (χ0n) is 10.8. The Bertz CT molecular complexity index is 384. The van der Waals surface area contributed by atoms with Gasteiger partial charge in [-0.15, -0.1) is 0 Å². The first-order valence-electron chi connectivity index (χ1n) is 6.45. The molecule has 1 saturated carbocycles. The number of rotatable bonds is 5. The van der Waals surface area contributed by atoms with Gasteiger partial charge in [-0.3, -0.25) is 0 Å². The Morgan fingerprint density at radius 1 is 1.50 bits per heavy atom. The highest BCUT2D eigenvalue weighted by Gasteiger charge is 2.38. The molecule has 0 aliphatic heterocycles. The van der Waals surface area contributed by atoms with E-state index >= 15 is 0 Å². The van der Waals surface area contributed by atoms with Gasteiger partial charge in [0.15, 0.2) is 5.16 Å². The molecule has 1 aromatic heterocycles. The van der Waals surface area contributed by atoms with Crippen molar-refractivity contribution in [3.63, 3.8) is 0 Å². The van der Waals surface area contributed by atoms with Crippen LogP contribution in [0.15, 0.2) is 17.6 Å². The Kier molecular flexibility index (Phi) is 4.59. The van der Waals surface area contributed by atoms with Crippen molar-refractivity contribution >= 4 is 11.8 Å². The molecule has 0 saturated heterocycles. The molecule has 3 N–H and O–H groups in total. The highest BCUT2D eigenvalue weighted by atomic mass is 32.2. The first kappa shape index (κ1) is 13.8. The maximum absolute atomic E-state index is 9.39. The first-order chi connectivity index (χ1) is 8.64. The summed E-state index contributed by atoms with van der Waals surface area (Å²) in [5.74, 6) is 1.40. The molecule has 0 amide bonds. The lowest BCUT2D eigenvalue weighted by molar-refractivity contribution is 0.158. The second-order valence-corrected chi connectivity index (χ2v) is 6.22. The van der Waals surface area contributed by atoms with Crippen LogP contribution in [-0.2, 0) is 0 Å². The minimum Gasteiger partial charge on any atom is -0.394 e. The lowest BCUT2D eigenvalue weighted by Crippen LogP contribution is -2.47. The number of hydrogen-bond acceptors (Lipinski definition) is 5. The van der Waals surface area contributed by atoms with Crippen molar-refractivity contribution < 1.29 is 5.11 Å². The molecule has 100 valence electrons. The molecule has 18 heavy (non-hydrogen) atoms. The highest BCUT2D eigenvalue weighted by molar-refractivity contribution is 7.99. The van der Waals surface area contributed by atoms with Gasteiger partial charge in [0, 0.05) is 23.7 Å². The molecule has 0 spiro atoms. The van der Waals surface area contributed by atoms with E-state index in [1.54, 1.807) is 11.8 Å². The summed E-state index contributed by atoms with van der Waals surface area (Å²) in [5.41, 5.74) is 6.94. The number of thioether (sulfide) groups is 1. The van der Waals surface area contributed by atoms with Crippen LogP contribution in [0.1, 0.15) is 31.2 Å². The zero-order chi connectivity index (χ0) is 13.0. The third kappa shape index (κ3) is 3.22. The summed E-state index contributed by atoms with van der Waals surface area (Å²) in [5, 5.41) is 10.2. The molecular formula is C13H21N3OS. The fourth-order valence-corrected chi connectivity index (χ4v) is 3.40. The summed E-state index contributed by atoms with van der Waals surface area (Å²) in [6.07, 6.45) is 7.91. The molecule has 0 radical (unpaired) electrons. The van der Waals surface area contributed by atoms with Crippen LogP contribution in [0.3, 0.4) is 0 Å². The summed E-state index contributed by atoms with van der Waals surface area (Å²) in [6.45, 7) is 2.08. The number of aromatic nitrogens is 2. The molecule has 1 fully saturated rings. The van der Waals surface area contributed by atoms with Gasteiger partial charge < -0.3 is 10.8 Å². The zero-order valence-corrected chi connectivity index (χ0v) is 11.6. The van der Waals surface area contributed by atoms with Gasteiger partial charge in [-0.05, 0) is 37.7 Å². The predicted octanol–water partition coefficient (Wildman–Crippen LogP) is 1.76. The van der Waals surface area contributed by atoms with Gasteiger partial charge in [-0.2, -0.15) is 0 Å². The number of nitrogens with two attached hydrogens (primary N) is 1. The summed E-state index contributed by atoms with van der Waals surface area (Å²) in [4.78, 5) is 8.54. The van der Waals surface area contributed by atoms with E-state index in [0.717, 1.165) is 42.2 Å². The lowest BCUT2D eigenvalue weighted by atomic mass is 9.87. The molecule has 1 aliphatic rings. The quantitative estimate of drug-likeness (QED) is 0.628. The van der Waals surface area contributed by atoms with Crippen LogP contribution in [0.2, 0.25) is 0 Å². The van der Waals surface area contributed by atoms with Crippen molar-refractivity contribution in [1.82, 2.24) is 9.97 Å².